The summed E-state index contributed by atoms with van der Waals surface area (Å²) in [6.45, 7) is -0.177. The molecule has 2 rings (SSSR count). The molecule has 13 nitrogen and oxygen atoms in total. The van der Waals surface area contributed by atoms with E-state index < -0.39 is 54.5 Å². The molecule has 4 unspecified atom stereocenters. The third-order valence-corrected chi connectivity index (χ3v) is 5.84. The highest BCUT2D eigenvalue weighted by molar-refractivity contribution is 5.94. The maximum atomic E-state index is 13.1. The number of nitrogens with two attached hydrogens (primary N) is 3. The minimum Gasteiger partial charge on any atom is -0.480 e. The fourth-order valence-corrected chi connectivity index (χ4v) is 3.94. The summed E-state index contributed by atoms with van der Waals surface area (Å²) in [7, 11) is 0. The molecule has 1 aliphatic rings. The van der Waals surface area contributed by atoms with Gasteiger partial charge in [0.05, 0.1) is 12.6 Å². The number of amides is 3. The largest absolute Gasteiger partial charge is 0.480 e. The lowest BCUT2D eigenvalue weighted by Gasteiger charge is -2.29. The zero-order valence-corrected chi connectivity index (χ0v) is 20.0. The van der Waals surface area contributed by atoms with Gasteiger partial charge in [-0.25, -0.2) is 4.79 Å². The van der Waals surface area contributed by atoms with Crippen LogP contribution in [0.15, 0.2) is 35.3 Å². The van der Waals surface area contributed by atoms with Crippen molar-refractivity contribution < 1.29 is 29.4 Å². The molecule has 1 aromatic carbocycles. The Morgan fingerprint density at radius 1 is 1.11 bits per heavy atom. The number of carboxylic acids is 1. The minimum atomic E-state index is -1.30. The Labute approximate surface area is 209 Å². The predicted molar refractivity (Wildman–Crippen MR) is 131 cm³/mol. The van der Waals surface area contributed by atoms with Crippen molar-refractivity contribution in [3.63, 3.8) is 0 Å². The molecule has 10 N–H and O–H groups in total. The molecule has 0 aromatic heterocycles. The molecule has 13 heteroatoms. The number of nitrogens with zero attached hydrogens (tertiary/aromatic N) is 2. The number of carbonyl (C=O) groups excluding carboxylic acids is 3. The third-order valence-electron chi connectivity index (χ3n) is 5.84. The van der Waals surface area contributed by atoms with Gasteiger partial charge in [0.25, 0.3) is 0 Å². The van der Waals surface area contributed by atoms with Crippen molar-refractivity contribution in [2.24, 2.45) is 22.2 Å². The molecule has 1 heterocycles. The predicted octanol–water partition coefficient (Wildman–Crippen LogP) is -2.35. The maximum absolute atomic E-state index is 13.1. The number of carbonyl (C=O) groups is 4. The van der Waals surface area contributed by atoms with E-state index in [9.17, 15) is 29.4 Å². The standard InChI is InChI=1S/C23H35N7O6/c24-15(8-4-10-27-23(25)26)19(32)29-17(13-31)21(34)30-11-5-9-18(30)20(33)28-16(22(35)36)12-14-6-2-1-3-7-14/h1-3,6-7,15-18,31H,4-5,8-13,24H2,(H,28,33)(H,29,32)(H,35,36)(H4,25,26,27). The average Bonchev–Trinajstić information content (AvgIpc) is 3.34. The van der Waals surface area contributed by atoms with Crippen LogP contribution in [0, 0.1) is 0 Å². The first-order valence-electron chi connectivity index (χ1n) is 11.7. The summed E-state index contributed by atoms with van der Waals surface area (Å²) in [5, 5.41) is 24.3. The number of carboxylic acid groups (broad SMARTS) is 1. The van der Waals surface area contributed by atoms with Crippen LogP contribution in [-0.2, 0) is 25.6 Å². The molecule has 4 atom stereocenters. The first kappa shape index (κ1) is 28.5. The molecule has 1 fully saturated rings. The lowest BCUT2D eigenvalue weighted by atomic mass is 10.1. The highest BCUT2D eigenvalue weighted by Crippen LogP contribution is 2.19. The Balaban J connectivity index is 1.98. The van der Waals surface area contributed by atoms with Gasteiger partial charge in [0.15, 0.2) is 5.96 Å². The van der Waals surface area contributed by atoms with Crippen molar-refractivity contribution in [2.45, 2.75) is 56.3 Å². The van der Waals surface area contributed by atoms with Gasteiger partial charge in [0.1, 0.15) is 18.1 Å². The van der Waals surface area contributed by atoms with Crippen LogP contribution in [0.1, 0.15) is 31.2 Å². The summed E-state index contributed by atoms with van der Waals surface area (Å²) < 4.78 is 0. The molecular formula is C23H35N7O6. The summed E-state index contributed by atoms with van der Waals surface area (Å²) in [5.74, 6) is -3.16. The summed E-state index contributed by atoms with van der Waals surface area (Å²) in [4.78, 5) is 55.2. The van der Waals surface area contributed by atoms with Gasteiger partial charge in [-0.3, -0.25) is 19.4 Å². The van der Waals surface area contributed by atoms with Crippen LogP contribution in [0.5, 0.6) is 0 Å². The zero-order valence-electron chi connectivity index (χ0n) is 20.0. The number of likely N-dealkylation sites (tertiary alicyclic amines) is 1. The van der Waals surface area contributed by atoms with Gasteiger partial charge in [-0.1, -0.05) is 30.3 Å². The Kier molecular flexibility index (Phi) is 11.1. The lowest BCUT2D eigenvalue weighted by Crippen LogP contribution is -2.58. The van der Waals surface area contributed by atoms with Gasteiger partial charge in [-0.15, -0.1) is 0 Å². The summed E-state index contributed by atoms with van der Waals surface area (Å²) in [6, 6.07) is 4.51. The number of nitrogens with one attached hydrogen (secondary N) is 2. The molecule has 0 bridgehead atoms. The first-order chi connectivity index (χ1) is 17.1. The van der Waals surface area contributed by atoms with Gasteiger partial charge in [-0.2, -0.15) is 0 Å². The molecule has 0 spiro atoms. The molecule has 198 valence electrons. The van der Waals surface area contributed by atoms with Crippen molar-refractivity contribution in [2.75, 3.05) is 19.7 Å². The SMILES string of the molecule is NC(N)=NCCCC(N)C(=O)NC(CO)C(=O)N1CCCC1C(=O)NC(Cc1ccccc1)C(=O)O. The van der Waals surface area contributed by atoms with Crippen molar-refractivity contribution >= 4 is 29.7 Å². The zero-order chi connectivity index (χ0) is 26.7. The van der Waals surface area contributed by atoms with Gasteiger partial charge in [0.2, 0.25) is 17.7 Å². The molecule has 1 aromatic rings. The van der Waals surface area contributed by atoms with Crippen LogP contribution in [0.25, 0.3) is 0 Å². The molecule has 0 aliphatic carbocycles. The smallest absolute Gasteiger partial charge is 0.326 e. The van der Waals surface area contributed by atoms with E-state index in [4.69, 9.17) is 17.2 Å². The fourth-order valence-electron chi connectivity index (χ4n) is 3.94. The first-order valence-corrected chi connectivity index (χ1v) is 11.7. The normalized spacial score (nSPS) is 17.5. The molecule has 0 radical (unpaired) electrons. The van der Waals surface area contributed by atoms with E-state index in [0.29, 0.717) is 19.3 Å². The van der Waals surface area contributed by atoms with Crippen LogP contribution < -0.4 is 27.8 Å². The van der Waals surface area contributed by atoms with E-state index in [-0.39, 0.29) is 31.9 Å². The van der Waals surface area contributed by atoms with Crippen LogP contribution in [0.4, 0.5) is 0 Å². The summed E-state index contributed by atoms with van der Waals surface area (Å²) in [6.07, 6.45) is 1.61. The van der Waals surface area contributed by atoms with E-state index in [1.807, 2.05) is 0 Å². The van der Waals surface area contributed by atoms with E-state index in [0.717, 1.165) is 5.56 Å². The van der Waals surface area contributed by atoms with E-state index in [1.165, 1.54) is 4.90 Å². The Morgan fingerprint density at radius 2 is 1.81 bits per heavy atom. The molecular weight excluding hydrogens is 470 g/mol. The Hall–Kier alpha value is -3.71. The van der Waals surface area contributed by atoms with Crippen molar-refractivity contribution in [3.8, 4) is 0 Å². The Morgan fingerprint density at radius 3 is 2.42 bits per heavy atom. The number of aliphatic carboxylic acids is 1. The molecule has 36 heavy (non-hydrogen) atoms. The fraction of sp³-hybridized carbons (Fsp3) is 0.522. The second-order valence-corrected chi connectivity index (χ2v) is 8.58. The maximum Gasteiger partial charge on any atom is 0.326 e. The van der Waals surface area contributed by atoms with Crippen LogP contribution >= 0.6 is 0 Å². The number of guanidine groups is 1. The minimum absolute atomic E-state index is 0.0714. The quantitative estimate of drug-likeness (QED) is 0.0863. The molecule has 0 saturated carbocycles. The van der Waals surface area contributed by atoms with Crippen molar-refractivity contribution in [1.29, 1.82) is 0 Å². The number of rotatable bonds is 13. The van der Waals surface area contributed by atoms with Crippen LogP contribution in [0.3, 0.4) is 0 Å². The van der Waals surface area contributed by atoms with Crippen LogP contribution in [-0.4, -0.2) is 88.6 Å². The number of aliphatic hydroxyl groups is 1. The number of aliphatic imine (C=N–C) groups is 1. The lowest BCUT2D eigenvalue weighted by molar-refractivity contribution is -0.145. The van der Waals surface area contributed by atoms with Gasteiger partial charge in [-0.05, 0) is 31.2 Å². The van der Waals surface area contributed by atoms with E-state index in [2.05, 4.69) is 15.6 Å². The number of aliphatic hydroxyl groups excluding tert-OH is 1. The van der Waals surface area contributed by atoms with Crippen molar-refractivity contribution in [3.05, 3.63) is 35.9 Å². The second kappa shape index (κ2) is 14.0. The summed E-state index contributed by atoms with van der Waals surface area (Å²) >= 11 is 0. The number of benzene rings is 1. The monoisotopic (exact) mass is 505 g/mol. The molecule has 1 saturated heterocycles. The number of hydrogen-bond acceptors (Lipinski definition) is 7. The highest BCUT2D eigenvalue weighted by atomic mass is 16.4. The average molecular weight is 506 g/mol. The summed E-state index contributed by atoms with van der Waals surface area (Å²) in [5.41, 5.74) is 17.1. The molecule has 1 aliphatic heterocycles. The Bertz CT molecular complexity index is 938. The van der Waals surface area contributed by atoms with Gasteiger partial charge in [0, 0.05) is 19.5 Å². The topological polar surface area (TPSA) is 226 Å². The van der Waals surface area contributed by atoms with E-state index in [1.54, 1.807) is 30.3 Å². The second-order valence-electron chi connectivity index (χ2n) is 8.58. The van der Waals surface area contributed by atoms with Gasteiger partial charge < -0.3 is 42.9 Å². The van der Waals surface area contributed by atoms with Gasteiger partial charge >= 0.3 is 5.97 Å². The molecule has 3 amide bonds. The number of hydrogen-bond donors (Lipinski definition) is 7. The highest BCUT2D eigenvalue weighted by Gasteiger charge is 2.39. The van der Waals surface area contributed by atoms with Crippen molar-refractivity contribution in [1.82, 2.24) is 15.5 Å². The van der Waals surface area contributed by atoms with E-state index >= 15 is 0 Å². The third kappa shape index (κ3) is 8.50. The van der Waals surface area contributed by atoms with Crippen LogP contribution in [0.2, 0.25) is 0 Å².